The summed E-state index contributed by atoms with van der Waals surface area (Å²) < 4.78 is 7.23. The van der Waals surface area contributed by atoms with Crippen molar-refractivity contribution in [2.24, 2.45) is 0 Å². The quantitative estimate of drug-likeness (QED) is 0.424. The molecule has 1 amide bonds. The lowest BCUT2D eigenvalue weighted by Crippen LogP contribution is -2.26. The molecule has 2 aromatic carbocycles. The number of tetrazole rings is 1. The third-order valence-electron chi connectivity index (χ3n) is 5.04. The van der Waals surface area contributed by atoms with E-state index in [1.165, 1.54) is 0 Å². The standard InChI is InChI=1S/C24H24ClN7O2/c1-14(2)23-29-30-31-32(23)19-8-17(21-6-5-15(3)7-22(21)25)9-20(10-19)34-24(33)28-13-18-12-26-16(4)11-27-18/h5-12,14H,13H2,1-4H3,(H,28,33). The van der Waals surface area contributed by atoms with Gasteiger partial charge in [-0.05, 0) is 53.6 Å². The average molecular weight is 478 g/mol. The monoisotopic (exact) mass is 477 g/mol. The second-order valence-electron chi connectivity index (χ2n) is 8.19. The van der Waals surface area contributed by atoms with Crippen LogP contribution in [0, 0.1) is 13.8 Å². The summed E-state index contributed by atoms with van der Waals surface area (Å²) in [5.74, 6) is 1.09. The fourth-order valence-corrected chi connectivity index (χ4v) is 3.67. The number of rotatable bonds is 6. The van der Waals surface area contributed by atoms with Gasteiger partial charge in [0.25, 0.3) is 0 Å². The molecule has 174 valence electrons. The van der Waals surface area contributed by atoms with Crippen LogP contribution in [-0.2, 0) is 6.54 Å². The van der Waals surface area contributed by atoms with Gasteiger partial charge in [0, 0.05) is 28.8 Å². The highest BCUT2D eigenvalue weighted by Gasteiger charge is 2.16. The normalized spacial score (nSPS) is 11.0. The molecule has 0 unspecified atom stereocenters. The Hall–Kier alpha value is -3.85. The number of aryl methyl sites for hydroxylation is 2. The predicted molar refractivity (Wildman–Crippen MR) is 128 cm³/mol. The topological polar surface area (TPSA) is 108 Å². The molecule has 0 bridgehead atoms. The van der Waals surface area contributed by atoms with Crippen molar-refractivity contribution in [1.29, 1.82) is 0 Å². The highest BCUT2D eigenvalue weighted by Crippen LogP contribution is 2.33. The van der Waals surface area contributed by atoms with Gasteiger partial charge in [-0.1, -0.05) is 37.6 Å². The van der Waals surface area contributed by atoms with Crippen LogP contribution in [-0.4, -0.2) is 36.3 Å². The van der Waals surface area contributed by atoms with Gasteiger partial charge in [-0.2, -0.15) is 4.68 Å². The van der Waals surface area contributed by atoms with E-state index in [9.17, 15) is 4.79 Å². The number of nitrogens with zero attached hydrogens (tertiary/aromatic N) is 6. The molecule has 0 fully saturated rings. The van der Waals surface area contributed by atoms with E-state index in [1.54, 1.807) is 29.2 Å². The minimum atomic E-state index is -0.624. The van der Waals surface area contributed by atoms with E-state index in [0.717, 1.165) is 22.4 Å². The number of benzene rings is 2. The highest BCUT2D eigenvalue weighted by molar-refractivity contribution is 6.33. The molecule has 0 spiro atoms. The van der Waals surface area contributed by atoms with Crippen LogP contribution in [0.3, 0.4) is 0 Å². The first-order valence-electron chi connectivity index (χ1n) is 10.7. The molecule has 0 aliphatic carbocycles. The summed E-state index contributed by atoms with van der Waals surface area (Å²) in [6.07, 6.45) is 2.63. The lowest BCUT2D eigenvalue weighted by Gasteiger charge is -2.13. The number of aromatic nitrogens is 6. The van der Waals surface area contributed by atoms with E-state index >= 15 is 0 Å². The van der Waals surface area contributed by atoms with Crippen molar-refractivity contribution in [3.8, 4) is 22.6 Å². The van der Waals surface area contributed by atoms with Crippen molar-refractivity contribution in [2.75, 3.05) is 0 Å². The predicted octanol–water partition coefficient (Wildman–Crippen LogP) is 4.80. The number of amides is 1. The Bertz CT molecular complexity index is 1320. The van der Waals surface area contributed by atoms with E-state index < -0.39 is 6.09 Å². The molecule has 2 aromatic heterocycles. The van der Waals surface area contributed by atoms with Gasteiger partial charge in [-0.15, -0.1) is 5.10 Å². The van der Waals surface area contributed by atoms with Gasteiger partial charge in [0.15, 0.2) is 5.82 Å². The number of carbonyl (C=O) groups is 1. The smallest absolute Gasteiger partial charge is 0.410 e. The Morgan fingerprint density at radius 2 is 1.94 bits per heavy atom. The van der Waals surface area contributed by atoms with Crippen molar-refractivity contribution in [3.63, 3.8) is 0 Å². The van der Waals surface area contributed by atoms with Gasteiger partial charge >= 0.3 is 6.09 Å². The fourth-order valence-electron chi connectivity index (χ4n) is 3.33. The molecule has 10 heteroatoms. The molecular weight excluding hydrogens is 454 g/mol. The van der Waals surface area contributed by atoms with Crippen LogP contribution in [0.4, 0.5) is 4.79 Å². The maximum atomic E-state index is 12.5. The molecule has 34 heavy (non-hydrogen) atoms. The summed E-state index contributed by atoms with van der Waals surface area (Å²) in [7, 11) is 0. The summed E-state index contributed by atoms with van der Waals surface area (Å²) in [5.41, 5.74) is 4.68. The van der Waals surface area contributed by atoms with Gasteiger partial charge in [-0.25, -0.2) is 4.79 Å². The van der Waals surface area contributed by atoms with Crippen molar-refractivity contribution in [2.45, 2.75) is 40.2 Å². The van der Waals surface area contributed by atoms with E-state index in [0.29, 0.717) is 28.0 Å². The summed E-state index contributed by atoms with van der Waals surface area (Å²) in [4.78, 5) is 20.9. The molecule has 0 saturated carbocycles. The van der Waals surface area contributed by atoms with E-state index in [2.05, 4.69) is 30.8 Å². The zero-order valence-corrected chi connectivity index (χ0v) is 20.0. The van der Waals surface area contributed by atoms with Gasteiger partial charge in [0.05, 0.1) is 29.8 Å². The molecule has 2 heterocycles. The lowest BCUT2D eigenvalue weighted by atomic mass is 10.0. The van der Waals surface area contributed by atoms with Crippen molar-refractivity contribution in [3.05, 3.63) is 76.6 Å². The number of ether oxygens (including phenoxy) is 1. The molecule has 0 aliphatic heterocycles. The molecule has 0 atom stereocenters. The van der Waals surface area contributed by atoms with E-state index in [1.807, 2.05) is 52.0 Å². The maximum Gasteiger partial charge on any atom is 0.412 e. The molecule has 0 aliphatic rings. The minimum absolute atomic E-state index is 0.0879. The first-order chi connectivity index (χ1) is 16.3. The van der Waals surface area contributed by atoms with Crippen LogP contribution in [0.25, 0.3) is 16.8 Å². The summed E-state index contributed by atoms with van der Waals surface area (Å²) in [6, 6.07) is 11.2. The zero-order chi connectivity index (χ0) is 24.2. The number of nitrogens with one attached hydrogen (secondary N) is 1. The third kappa shape index (κ3) is 5.37. The molecule has 0 radical (unpaired) electrons. The Labute approximate surface area is 202 Å². The van der Waals surface area contributed by atoms with E-state index in [-0.39, 0.29) is 12.5 Å². The number of halogens is 1. The van der Waals surface area contributed by atoms with Crippen LogP contribution in [0.15, 0.2) is 48.8 Å². The van der Waals surface area contributed by atoms with Gasteiger partial charge in [-0.3, -0.25) is 9.97 Å². The van der Waals surface area contributed by atoms with Gasteiger partial charge < -0.3 is 10.1 Å². The third-order valence-corrected chi connectivity index (χ3v) is 5.35. The first kappa shape index (κ1) is 23.3. The Kier molecular flexibility index (Phi) is 6.83. The average Bonchev–Trinajstić information content (AvgIpc) is 3.29. The summed E-state index contributed by atoms with van der Waals surface area (Å²) >= 11 is 6.53. The van der Waals surface area contributed by atoms with Crippen LogP contribution < -0.4 is 10.1 Å². The zero-order valence-electron chi connectivity index (χ0n) is 19.3. The van der Waals surface area contributed by atoms with Crippen LogP contribution in [0.2, 0.25) is 5.02 Å². The second kappa shape index (κ2) is 9.96. The Morgan fingerprint density at radius 3 is 2.65 bits per heavy atom. The molecule has 1 N–H and O–H groups in total. The minimum Gasteiger partial charge on any atom is -0.410 e. The fraction of sp³-hybridized carbons (Fsp3) is 0.250. The van der Waals surface area contributed by atoms with Crippen molar-refractivity contribution >= 4 is 17.7 Å². The molecule has 0 saturated heterocycles. The first-order valence-corrected chi connectivity index (χ1v) is 11.1. The Balaban J connectivity index is 1.66. The molecular formula is C24H24ClN7O2. The second-order valence-corrected chi connectivity index (χ2v) is 8.60. The SMILES string of the molecule is Cc1ccc(-c2cc(OC(=O)NCc3cnc(C)cn3)cc(-n3nnnc3C(C)C)c2)c(Cl)c1. The van der Waals surface area contributed by atoms with E-state index in [4.69, 9.17) is 16.3 Å². The molecule has 4 rings (SSSR count). The molecule has 4 aromatic rings. The largest absolute Gasteiger partial charge is 0.412 e. The Morgan fingerprint density at radius 1 is 1.12 bits per heavy atom. The number of carbonyl (C=O) groups excluding carboxylic acids is 1. The van der Waals surface area contributed by atoms with Crippen molar-refractivity contribution < 1.29 is 9.53 Å². The van der Waals surface area contributed by atoms with Crippen LogP contribution >= 0.6 is 11.6 Å². The lowest BCUT2D eigenvalue weighted by molar-refractivity contribution is 0.200. The van der Waals surface area contributed by atoms with Gasteiger partial charge in [0.2, 0.25) is 0 Å². The molecule has 9 nitrogen and oxygen atoms in total. The van der Waals surface area contributed by atoms with Crippen molar-refractivity contribution in [1.82, 2.24) is 35.5 Å². The summed E-state index contributed by atoms with van der Waals surface area (Å²) in [5, 5.41) is 15.4. The van der Waals surface area contributed by atoms with Crippen LogP contribution in [0.5, 0.6) is 5.75 Å². The number of hydrogen-bond donors (Lipinski definition) is 1. The maximum absolute atomic E-state index is 12.5. The summed E-state index contributed by atoms with van der Waals surface area (Å²) in [6.45, 7) is 8.01. The highest BCUT2D eigenvalue weighted by atomic mass is 35.5. The van der Waals surface area contributed by atoms with Crippen LogP contribution in [0.1, 0.15) is 42.5 Å². The van der Waals surface area contributed by atoms with Gasteiger partial charge in [0.1, 0.15) is 5.75 Å². The number of hydrogen-bond acceptors (Lipinski definition) is 7.